The van der Waals surface area contributed by atoms with Gasteiger partial charge in [0.2, 0.25) is 0 Å². The van der Waals surface area contributed by atoms with Crippen LogP contribution >= 0.6 is 11.3 Å². The summed E-state index contributed by atoms with van der Waals surface area (Å²) in [7, 11) is 4.02. The zero-order chi connectivity index (χ0) is 23.5. The van der Waals surface area contributed by atoms with Gasteiger partial charge in [-0.1, -0.05) is 24.3 Å². The summed E-state index contributed by atoms with van der Waals surface area (Å²) in [5.74, 6) is 1.20. The highest BCUT2D eigenvalue weighted by atomic mass is 32.1. The van der Waals surface area contributed by atoms with Gasteiger partial charge in [0.15, 0.2) is 6.61 Å². The van der Waals surface area contributed by atoms with Gasteiger partial charge in [-0.25, -0.2) is 9.97 Å². The van der Waals surface area contributed by atoms with Crippen molar-refractivity contribution in [1.29, 1.82) is 0 Å². The monoisotopic (exact) mass is 471 g/mol. The fourth-order valence-electron chi connectivity index (χ4n) is 3.78. The van der Waals surface area contributed by atoms with Gasteiger partial charge in [-0.15, -0.1) is 11.3 Å². The molecule has 2 heterocycles. The zero-order valence-electron chi connectivity index (χ0n) is 19.0. The van der Waals surface area contributed by atoms with Crippen molar-refractivity contribution in [2.75, 3.05) is 20.7 Å². The minimum Gasteiger partial charge on any atom is -0.483 e. The van der Waals surface area contributed by atoms with E-state index in [-0.39, 0.29) is 12.5 Å². The normalized spacial score (nSPS) is 11.4. The van der Waals surface area contributed by atoms with E-state index in [0.717, 1.165) is 37.4 Å². The number of thiazole rings is 1. The minimum atomic E-state index is -0.202. The number of hydrogen-bond donors (Lipinski definition) is 2. The standard InChI is InChI=1S/C26H25N5O2S/c1-31(2)15-18-13-17(26-30-21-9-5-6-10-23(21)34-26)11-12-22(18)33-16-25(32)27-14-24-28-19-7-3-4-8-20(19)29-24/h3-13H,14-16H2,1-2H3,(H,27,32)(H,28,29). The van der Waals surface area contributed by atoms with Gasteiger partial charge < -0.3 is 19.9 Å². The maximum atomic E-state index is 12.4. The molecule has 0 aliphatic carbocycles. The van der Waals surface area contributed by atoms with Crippen LogP contribution < -0.4 is 10.1 Å². The molecule has 2 N–H and O–H groups in total. The third-order valence-corrected chi connectivity index (χ3v) is 6.42. The molecule has 34 heavy (non-hydrogen) atoms. The predicted molar refractivity (Wildman–Crippen MR) is 136 cm³/mol. The molecule has 0 fully saturated rings. The highest BCUT2D eigenvalue weighted by Gasteiger charge is 2.13. The average Bonchev–Trinajstić information content (AvgIpc) is 3.45. The van der Waals surface area contributed by atoms with Crippen LogP contribution in [0.4, 0.5) is 0 Å². The Balaban J connectivity index is 1.26. The molecule has 0 radical (unpaired) electrons. The fourth-order valence-corrected chi connectivity index (χ4v) is 4.74. The van der Waals surface area contributed by atoms with Gasteiger partial charge in [0.1, 0.15) is 16.6 Å². The van der Waals surface area contributed by atoms with Crippen LogP contribution in [0.5, 0.6) is 5.75 Å². The molecule has 0 bridgehead atoms. The SMILES string of the molecule is CN(C)Cc1cc(-c2nc3ccccc3s2)ccc1OCC(=O)NCc1nc2ccccc2[nH]1. The molecular formula is C26H25N5O2S. The smallest absolute Gasteiger partial charge is 0.258 e. The lowest BCUT2D eigenvalue weighted by Gasteiger charge is -2.16. The summed E-state index contributed by atoms with van der Waals surface area (Å²) < 4.78 is 7.07. The Hall–Kier alpha value is -3.75. The van der Waals surface area contributed by atoms with Crippen molar-refractivity contribution >= 4 is 38.5 Å². The highest BCUT2D eigenvalue weighted by Crippen LogP contribution is 2.33. The lowest BCUT2D eigenvalue weighted by Crippen LogP contribution is -2.29. The van der Waals surface area contributed by atoms with Crippen molar-refractivity contribution < 1.29 is 9.53 Å². The van der Waals surface area contributed by atoms with Gasteiger partial charge in [-0.3, -0.25) is 4.79 Å². The number of hydrogen-bond acceptors (Lipinski definition) is 6. The Kier molecular flexibility index (Phi) is 6.24. The van der Waals surface area contributed by atoms with Crippen LogP contribution in [-0.2, 0) is 17.9 Å². The van der Waals surface area contributed by atoms with E-state index in [1.807, 2.05) is 68.7 Å². The van der Waals surface area contributed by atoms with Crippen LogP contribution in [0.3, 0.4) is 0 Å². The summed E-state index contributed by atoms with van der Waals surface area (Å²) in [6.07, 6.45) is 0. The number of carbonyl (C=O) groups is 1. The molecule has 0 aliphatic rings. The van der Waals surface area contributed by atoms with Crippen LogP contribution in [0.2, 0.25) is 0 Å². The number of H-pyrrole nitrogens is 1. The first-order valence-electron chi connectivity index (χ1n) is 11.0. The lowest BCUT2D eigenvalue weighted by molar-refractivity contribution is -0.123. The van der Waals surface area contributed by atoms with E-state index < -0.39 is 0 Å². The molecule has 1 amide bonds. The van der Waals surface area contributed by atoms with Gasteiger partial charge in [0.05, 0.1) is 27.8 Å². The molecule has 0 saturated heterocycles. The maximum Gasteiger partial charge on any atom is 0.258 e. The number of para-hydroxylation sites is 3. The van der Waals surface area contributed by atoms with Crippen molar-refractivity contribution in [1.82, 2.24) is 25.2 Å². The number of carbonyl (C=O) groups excluding carboxylic acids is 1. The topological polar surface area (TPSA) is 83.1 Å². The summed E-state index contributed by atoms with van der Waals surface area (Å²) in [6, 6.07) is 21.9. The molecule has 0 spiro atoms. The van der Waals surface area contributed by atoms with Crippen LogP contribution in [0.1, 0.15) is 11.4 Å². The number of aromatic amines is 1. The largest absolute Gasteiger partial charge is 0.483 e. The molecule has 5 aromatic rings. The van der Waals surface area contributed by atoms with Gasteiger partial charge in [-0.2, -0.15) is 0 Å². The Bertz CT molecular complexity index is 1390. The van der Waals surface area contributed by atoms with Crippen LogP contribution in [0.25, 0.3) is 31.8 Å². The fraction of sp³-hybridized carbons (Fsp3) is 0.192. The van der Waals surface area contributed by atoms with Crippen LogP contribution in [-0.4, -0.2) is 46.5 Å². The van der Waals surface area contributed by atoms with Crippen molar-refractivity contribution in [2.45, 2.75) is 13.1 Å². The van der Waals surface area contributed by atoms with Crippen molar-refractivity contribution in [3.8, 4) is 16.3 Å². The van der Waals surface area contributed by atoms with Crippen molar-refractivity contribution in [2.24, 2.45) is 0 Å². The van der Waals surface area contributed by atoms with Gasteiger partial charge in [0, 0.05) is 17.7 Å². The summed E-state index contributed by atoms with van der Waals surface area (Å²) >= 11 is 1.67. The van der Waals surface area contributed by atoms with Crippen molar-refractivity contribution in [3.05, 3.63) is 78.1 Å². The third-order valence-electron chi connectivity index (χ3n) is 5.34. The molecule has 172 valence electrons. The van der Waals surface area contributed by atoms with Crippen molar-refractivity contribution in [3.63, 3.8) is 0 Å². The molecule has 8 heteroatoms. The third kappa shape index (κ3) is 4.93. The van der Waals surface area contributed by atoms with E-state index in [1.54, 1.807) is 11.3 Å². The number of nitrogens with one attached hydrogen (secondary N) is 2. The predicted octanol–water partition coefficient (Wildman–Crippen LogP) is 4.60. The second-order valence-corrected chi connectivity index (χ2v) is 9.34. The van der Waals surface area contributed by atoms with Crippen LogP contribution in [0.15, 0.2) is 66.7 Å². The summed E-state index contributed by atoms with van der Waals surface area (Å²) in [6.45, 7) is 0.938. The average molecular weight is 472 g/mol. The zero-order valence-corrected chi connectivity index (χ0v) is 19.9. The maximum absolute atomic E-state index is 12.4. The minimum absolute atomic E-state index is 0.0683. The van der Waals surface area contributed by atoms with Crippen LogP contribution in [0, 0.1) is 0 Å². The number of aromatic nitrogens is 3. The lowest BCUT2D eigenvalue weighted by atomic mass is 10.1. The summed E-state index contributed by atoms with van der Waals surface area (Å²) in [4.78, 5) is 27.0. The second kappa shape index (κ2) is 9.62. The number of rotatable bonds is 8. The van der Waals surface area contributed by atoms with E-state index in [9.17, 15) is 4.79 Å². The molecule has 0 aliphatic heterocycles. The van der Waals surface area contributed by atoms with E-state index in [0.29, 0.717) is 24.7 Å². The first kappa shape index (κ1) is 22.1. The van der Waals surface area contributed by atoms with Gasteiger partial charge >= 0.3 is 0 Å². The van der Waals surface area contributed by atoms with E-state index in [1.165, 1.54) is 0 Å². The quantitative estimate of drug-likeness (QED) is 0.346. The Labute approximate surface area is 201 Å². The molecular weight excluding hydrogens is 446 g/mol. The molecule has 7 nitrogen and oxygen atoms in total. The van der Waals surface area contributed by atoms with E-state index in [2.05, 4.69) is 32.3 Å². The molecule has 3 aromatic carbocycles. The summed E-state index contributed by atoms with van der Waals surface area (Å²) in [5.41, 5.74) is 4.87. The Morgan fingerprint density at radius 3 is 2.62 bits per heavy atom. The summed E-state index contributed by atoms with van der Waals surface area (Å²) in [5, 5.41) is 3.83. The molecule has 2 aromatic heterocycles. The number of ether oxygens (including phenoxy) is 1. The molecule has 0 atom stereocenters. The first-order valence-corrected chi connectivity index (χ1v) is 11.8. The number of benzene rings is 3. The highest BCUT2D eigenvalue weighted by molar-refractivity contribution is 7.21. The molecule has 0 saturated carbocycles. The number of nitrogens with zero attached hydrogens (tertiary/aromatic N) is 3. The molecule has 5 rings (SSSR count). The van der Waals surface area contributed by atoms with E-state index >= 15 is 0 Å². The first-order chi connectivity index (χ1) is 16.5. The number of fused-ring (bicyclic) bond motifs is 2. The van der Waals surface area contributed by atoms with E-state index in [4.69, 9.17) is 9.72 Å². The second-order valence-electron chi connectivity index (χ2n) is 8.31. The van der Waals surface area contributed by atoms with Gasteiger partial charge in [-0.05, 0) is 56.6 Å². The Morgan fingerprint density at radius 1 is 1.03 bits per heavy atom. The number of amides is 1. The molecule has 0 unspecified atom stereocenters. The Morgan fingerprint density at radius 2 is 1.82 bits per heavy atom. The number of imidazole rings is 1. The van der Waals surface area contributed by atoms with Gasteiger partial charge in [0.25, 0.3) is 5.91 Å².